The topological polar surface area (TPSA) is 54.0 Å². The minimum Gasteiger partial charge on any atom is -0.322 e. The zero-order valence-electron chi connectivity index (χ0n) is 10.3. The quantitative estimate of drug-likeness (QED) is 0.866. The molecule has 2 rings (SSSR count). The van der Waals surface area contributed by atoms with E-state index >= 15 is 0 Å². The number of carbonyl (C=O) groups excluding carboxylic acids is 1. The molecule has 1 amide bonds. The first-order chi connectivity index (χ1) is 8.77. The predicted molar refractivity (Wildman–Crippen MR) is 72.8 cm³/mol. The number of rotatable bonds is 2. The van der Waals surface area contributed by atoms with Crippen LogP contribution < -0.4 is 10.6 Å². The van der Waals surface area contributed by atoms with Gasteiger partial charge in [0.2, 0.25) is 5.91 Å². The van der Waals surface area contributed by atoms with E-state index in [1.165, 1.54) is 12.8 Å². The maximum absolute atomic E-state index is 12.1. The van der Waals surface area contributed by atoms with Gasteiger partial charge in [0.25, 0.3) is 0 Å². The van der Waals surface area contributed by atoms with Gasteiger partial charge in [-0.25, -0.2) is 0 Å². The highest BCUT2D eigenvalue weighted by Crippen LogP contribution is 2.20. The normalized spacial score (nSPS) is 20.8. The van der Waals surface area contributed by atoms with Crippen LogP contribution in [0.15, 0.2) is 18.5 Å². The zero-order chi connectivity index (χ0) is 12.8. The standard InChI is InChI=1S/C13H18ClN3O/c14-10-6-8-15-9-12(10)17-13(18)11-5-3-1-2-4-7-16-11/h6,8-9,11,16H,1-5,7H2,(H,17,18). The molecule has 0 aliphatic carbocycles. The lowest BCUT2D eigenvalue weighted by Gasteiger charge is -2.20. The fraction of sp³-hybridized carbons (Fsp3) is 0.538. The molecule has 1 aromatic rings. The summed E-state index contributed by atoms with van der Waals surface area (Å²) in [6.45, 7) is 0.902. The minimum atomic E-state index is -0.124. The molecule has 1 aliphatic heterocycles. The van der Waals surface area contributed by atoms with Gasteiger partial charge in [0.1, 0.15) is 0 Å². The van der Waals surface area contributed by atoms with Crippen molar-refractivity contribution in [1.29, 1.82) is 0 Å². The number of pyridine rings is 1. The van der Waals surface area contributed by atoms with Gasteiger partial charge in [0.05, 0.1) is 22.9 Å². The molecule has 2 heterocycles. The van der Waals surface area contributed by atoms with Crippen LogP contribution in [0, 0.1) is 0 Å². The molecule has 1 aromatic heterocycles. The summed E-state index contributed by atoms with van der Waals surface area (Å²) in [5.41, 5.74) is 0.577. The van der Waals surface area contributed by atoms with Crippen LogP contribution in [0.25, 0.3) is 0 Å². The van der Waals surface area contributed by atoms with Gasteiger partial charge in [-0.3, -0.25) is 9.78 Å². The molecule has 0 bridgehead atoms. The number of amides is 1. The SMILES string of the molecule is O=C(Nc1cnccc1Cl)C1CCCCCCN1. The number of nitrogens with zero attached hydrogens (tertiary/aromatic N) is 1. The van der Waals surface area contributed by atoms with E-state index in [9.17, 15) is 4.79 Å². The van der Waals surface area contributed by atoms with Gasteiger partial charge in [-0.05, 0) is 25.5 Å². The van der Waals surface area contributed by atoms with Crippen molar-refractivity contribution < 1.29 is 4.79 Å². The van der Waals surface area contributed by atoms with E-state index in [1.54, 1.807) is 18.5 Å². The number of hydrogen-bond acceptors (Lipinski definition) is 3. The Morgan fingerprint density at radius 1 is 1.39 bits per heavy atom. The summed E-state index contributed by atoms with van der Waals surface area (Å²) in [6, 6.07) is 1.55. The largest absolute Gasteiger partial charge is 0.322 e. The number of anilines is 1. The van der Waals surface area contributed by atoms with E-state index in [0.29, 0.717) is 10.7 Å². The van der Waals surface area contributed by atoms with Crippen LogP contribution in [0.4, 0.5) is 5.69 Å². The van der Waals surface area contributed by atoms with Crippen LogP contribution in [0.1, 0.15) is 32.1 Å². The summed E-state index contributed by atoms with van der Waals surface area (Å²) in [4.78, 5) is 16.1. The first-order valence-corrected chi connectivity index (χ1v) is 6.79. The molecule has 5 heteroatoms. The lowest BCUT2D eigenvalue weighted by Crippen LogP contribution is -2.41. The van der Waals surface area contributed by atoms with Gasteiger partial charge < -0.3 is 10.6 Å². The molecule has 1 aliphatic rings. The maximum atomic E-state index is 12.1. The average molecular weight is 268 g/mol. The number of aromatic nitrogens is 1. The predicted octanol–water partition coefficient (Wildman–Crippen LogP) is 2.60. The summed E-state index contributed by atoms with van der Waals surface area (Å²) in [5.74, 6) is -0.0215. The molecule has 1 fully saturated rings. The fourth-order valence-corrected chi connectivity index (χ4v) is 2.27. The van der Waals surface area contributed by atoms with Crippen molar-refractivity contribution in [2.24, 2.45) is 0 Å². The van der Waals surface area contributed by atoms with Crippen LogP contribution in [-0.2, 0) is 4.79 Å². The smallest absolute Gasteiger partial charge is 0.241 e. The lowest BCUT2D eigenvalue weighted by atomic mass is 10.0. The van der Waals surface area contributed by atoms with Crippen molar-refractivity contribution in [3.05, 3.63) is 23.5 Å². The van der Waals surface area contributed by atoms with Gasteiger partial charge in [-0.1, -0.05) is 30.9 Å². The Bertz CT molecular complexity index is 403. The number of nitrogens with one attached hydrogen (secondary N) is 2. The van der Waals surface area contributed by atoms with Gasteiger partial charge in [-0.2, -0.15) is 0 Å². The van der Waals surface area contributed by atoms with E-state index in [4.69, 9.17) is 11.6 Å². The summed E-state index contributed by atoms with van der Waals surface area (Å²) >= 11 is 5.99. The molecule has 0 aromatic carbocycles. The molecule has 4 nitrogen and oxygen atoms in total. The van der Waals surface area contributed by atoms with Crippen LogP contribution in [0.2, 0.25) is 5.02 Å². The lowest BCUT2D eigenvalue weighted by molar-refractivity contribution is -0.118. The molecule has 98 valence electrons. The van der Waals surface area contributed by atoms with E-state index in [0.717, 1.165) is 25.8 Å². The first-order valence-electron chi connectivity index (χ1n) is 6.41. The Morgan fingerprint density at radius 2 is 2.22 bits per heavy atom. The van der Waals surface area contributed by atoms with Gasteiger partial charge in [0, 0.05) is 6.20 Å². The highest BCUT2D eigenvalue weighted by atomic mass is 35.5. The third-order valence-corrected chi connectivity index (χ3v) is 3.48. The van der Waals surface area contributed by atoms with Crippen molar-refractivity contribution in [1.82, 2.24) is 10.3 Å². The molecule has 0 saturated carbocycles. The van der Waals surface area contributed by atoms with Gasteiger partial charge in [0.15, 0.2) is 0 Å². The molecular weight excluding hydrogens is 250 g/mol. The minimum absolute atomic E-state index is 0.0215. The fourth-order valence-electron chi connectivity index (χ4n) is 2.12. The van der Waals surface area contributed by atoms with Crippen LogP contribution in [-0.4, -0.2) is 23.5 Å². The first kappa shape index (κ1) is 13.3. The Kier molecular flexibility index (Phi) is 4.96. The van der Waals surface area contributed by atoms with E-state index in [2.05, 4.69) is 15.6 Å². The average Bonchev–Trinajstić information content (AvgIpc) is 2.31. The van der Waals surface area contributed by atoms with Crippen molar-refractivity contribution in [2.45, 2.75) is 38.1 Å². The number of carbonyl (C=O) groups is 1. The van der Waals surface area contributed by atoms with Gasteiger partial charge in [-0.15, -0.1) is 0 Å². The Morgan fingerprint density at radius 3 is 3.06 bits per heavy atom. The zero-order valence-corrected chi connectivity index (χ0v) is 11.0. The summed E-state index contributed by atoms with van der Waals surface area (Å²) in [7, 11) is 0. The molecule has 0 radical (unpaired) electrons. The van der Waals surface area contributed by atoms with Gasteiger partial charge >= 0.3 is 0 Å². The second-order valence-electron chi connectivity index (χ2n) is 4.55. The monoisotopic (exact) mass is 267 g/mol. The molecule has 18 heavy (non-hydrogen) atoms. The number of halogens is 1. The third kappa shape index (κ3) is 3.68. The molecule has 1 unspecified atom stereocenters. The summed E-state index contributed by atoms with van der Waals surface area (Å²) in [6.07, 6.45) is 8.73. The van der Waals surface area contributed by atoms with Crippen molar-refractivity contribution in [2.75, 3.05) is 11.9 Å². The van der Waals surface area contributed by atoms with Crippen LogP contribution >= 0.6 is 11.6 Å². The van der Waals surface area contributed by atoms with Crippen molar-refractivity contribution in [3.8, 4) is 0 Å². The van der Waals surface area contributed by atoms with Crippen molar-refractivity contribution >= 4 is 23.2 Å². The summed E-state index contributed by atoms with van der Waals surface area (Å²) < 4.78 is 0. The Labute approximate surface area is 112 Å². The molecule has 1 atom stereocenters. The maximum Gasteiger partial charge on any atom is 0.241 e. The molecular formula is C13H18ClN3O. The second kappa shape index (κ2) is 6.71. The van der Waals surface area contributed by atoms with E-state index in [1.807, 2.05) is 0 Å². The number of hydrogen-bond donors (Lipinski definition) is 2. The highest BCUT2D eigenvalue weighted by Gasteiger charge is 2.19. The van der Waals surface area contributed by atoms with E-state index in [-0.39, 0.29) is 11.9 Å². The highest BCUT2D eigenvalue weighted by molar-refractivity contribution is 6.33. The Balaban J connectivity index is 1.96. The van der Waals surface area contributed by atoms with E-state index < -0.39 is 0 Å². The second-order valence-corrected chi connectivity index (χ2v) is 4.96. The third-order valence-electron chi connectivity index (χ3n) is 3.15. The van der Waals surface area contributed by atoms with Crippen LogP contribution in [0.5, 0.6) is 0 Å². The van der Waals surface area contributed by atoms with Crippen LogP contribution in [0.3, 0.4) is 0 Å². The van der Waals surface area contributed by atoms with Crippen molar-refractivity contribution in [3.63, 3.8) is 0 Å². The molecule has 0 spiro atoms. The Hall–Kier alpha value is -1.13. The summed E-state index contributed by atoms with van der Waals surface area (Å²) in [5, 5.41) is 6.64. The molecule has 1 saturated heterocycles. The molecule has 2 N–H and O–H groups in total.